The molecule has 0 saturated heterocycles. The van der Waals surface area contributed by atoms with Gasteiger partial charge in [0.2, 0.25) is 0 Å². The Morgan fingerprint density at radius 3 is 2.73 bits per heavy atom. The number of aromatic nitrogens is 4. The van der Waals surface area contributed by atoms with Gasteiger partial charge in [0.25, 0.3) is 0 Å². The van der Waals surface area contributed by atoms with E-state index in [2.05, 4.69) is 31.3 Å². The first-order valence-corrected chi connectivity index (χ1v) is 5.04. The zero-order valence-corrected chi connectivity index (χ0v) is 9.14. The van der Waals surface area contributed by atoms with Crippen LogP contribution in [0.25, 0.3) is 21.9 Å². The number of fused-ring (bicyclic) bond motifs is 3. The van der Waals surface area contributed by atoms with Gasteiger partial charge >= 0.3 is 0 Å². The Balaban J connectivity index is 2.63. The second-order valence-corrected chi connectivity index (χ2v) is 3.79. The second kappa shape index (κ2) is 2.90. The van der Waals surface area contributed by atoms with Gasteiger partial charge in [-0.15, -0.1) is 14.0 Å². The number of nitrogens with two attached hydrogens (primary N) is 1. The fourth-order valence-electron chi connectivity index (χ4n) is 1.59. The Hall–Kier alpha value is -1.69. The summed E-state index contributed by atoms with van der Waals surface area (Å²) in [4.78, 5) is 4.26. The Labute approximate surface area is 93.2 Å². The van der Waals surface area contributed by atoms with Crippen molar-refractivity contribution in [1.82, 2.24) is 19.0 Å². The molecule has 3 rings (SSSR count). The zero-order valence-electron chi connectivity index (χ0n) is 7.55. The average molecular weight is 264 g/mol. The number of nitrogen functional groups attached to an aromatic ring is 1. The normalized spacial score (nSPS) is 11.3. The molecule has 1 aromatic carbocycles. The van der Waals surface area contributed by atoms with Crippen molar-refractivity contribution in [2.75, 3.05) is 5.73 Å². The molecule has 0 bridgehead atoms. The Bertz CT molecular complexity index is 660. The summed E-state index contributed by atoms with van der Waals surface area (Å²) in [6.07, 6.45) is 0. The van der Waals surface area contributed by atoms with Gasteiger partial charge in [-0.05, 0) is 6.07 Å². The van der Waals surface area contributed by atoms with Gasteiger partial charge in [0.1, 0.15) is 5.52 Å². The largest absolute Gasteiger partial charge is 0.382 e. The van der Waals surface area contributed by atoms with E-state index in [-0.39, 0.29) is 0 Å². The second-order valence-electron chi connectivity index (χ2n) is 3.15. The monoisotopic (exact) mass is 263 g/mol. The molecule has 6 heteroatoms. The van der Waals surface area contributed by atoms with E-state index in [9.17, 15) is 0 Å². The summed E-state index contributed by atoms with van der Waals surface area (Å²) in [5, 5.41) is 9.25. The van der Waals surface area contributed by atoms with Gasteiger partial charge in [-0.3, -0.25) is 0 Å². The molecule has 5 nitrogen and oxygen atoms in total. The van der Waals surface area contributed by atoms with Crippen molar-refractivity contribution in [2.24, 2.45) is 0 Å². The molecular weight excluding hydrogens is 258 g/mol. The molecule has 3 aromatic rings. The van der Waals surface area contributed by atoms with Crippen molar-refractivity contribution in [3.63, 3.8) is 0 Å². The lowest BCUT2D eigenvalue weighted by molar-refractivity contribution is 0.902. The summed E-state index contributed by atoms with van der Waals surface area (Å²) in [5.41, 5.74) is 7.99. The lowest BCUT2D eigenvalue weighted by Gasteiger charge is -1.98. The fraction of sp³-hybridized carbons (Fsp3) is 0. The number of hydrogen-bond donors (Lipinski definition) is 1. The van der Waals surface area contributed by atoms with Crippen LogP contribution in [-0.4, -0.2) is 19.0 Å². The van der Waals surface area contributed by atoms with Crippen molar-refractivity contribution < 1.29 is 0 Å². The van der Waals surface area contributed by atoms with Gasteiger partial charge in [-0.2, -0.15) is 0 Å². The molecule has 15 heavy (non-hydrogen) atoms. The molecule has 0 aliphatic carbocycles. The van der Waals surface area contributed by atoms with Crippen LogP contribution >= 0.6 is 16.1 Å². The number of hydrogen-bond acceptors (Lipinski definition) is 4. The SMILES string of the molecule is Nc1nc2ccccc2c2nn(Br)nc12. The molecular formula is C9H6BrN5. The summed E-state index contributed by atoms with van der Waals surface area (Å²) in [5.74, 6) is 0.398. The molecule has 0 aliphatic heterocycles. The highest BCUT2D eigenvalue weighted by atomic mass is 79.9. The number of pyridine rings is 1. The number of para-hydroxylation sites is 1. The van der Waals surface area contributed by atoms with E-state index in [1.54, 1.807) is 0 Å². The predicted molar refractivity (Wildman–Crippen MR) is 61.6 cm³/mol. The first-order chi connectivity index (χ1) is 7.25. The van der Waals surface area contributed by atoms with Crippen LogP contribution in [0.2, 0.25) is 0 Å². The third kappa shape index (κ3) is 1.18. The van der Waals surface area contributed by atoms with E-state index < -0.39 is 0 Å². The minimum Gasteiger partial charge on any atom is -0.382 e. The zero-order chi connectivity index (χ0) is 10.4. The number of nitrogens with zero attached hydrogens (tertiary/aromatic N) is 4. The van der Waals surface area contributed by atoms with Crippen LogP contribution in [-0.2, 0) is 0 Å². The Kier molecular flexibility index (Phi) is 1.66. The van der Waals surface area contributed by atoms with Crippen LogP contribution in [0.1, 0.15) is 0 Å². The van der Waals surface area contributed by atoms with Crippen LogP contribution < -0.4 is 5.73 Å². The Morgan fingerprint density at radius 2 is 1.87 bits per heavy atom. The molecule has 0 aliphatic rings. The molecule has 0 unspecified atom stereocenters. The van der Waals surface area contributed by atoms with E-state index in [0.29, 0.717) is 11.3 Å². The highest BCUT2D eigenvalue weighted by Crippen LogP contribution is 2.24. The highest BCUT2D eigenvalue weighted by molar-refractivity contribution is 9.08. The topological polar surface area (TPSA) is 69.6 Å². The molecule has 2 aromatic heterocycles. The summed E-state index contributed by atoms with van der Waals surface area (Å²) < 4.78 is 1.32. The standard InChI is InChI=1S/C9H6BrN5/c10-15-13-7-5-3-1-2-4-6(5)12-9(11)8(7)14-15/h1-4H,(H2,11,12). The van der Waals surface area contributed by atoms with E-state index >= 15 is 0 Å². The smallest absolute Gasteiger partial charge is 0.156 e. The minimum absolute atomic E-state index is 0.398. The fourth-order valence-corrected chi connectivity index (χ4v) is 1.91. The van der Waals surface area contributed by atoms with Gasteiger partial charge in [0, 0.05) is 5.39 Å². The molecule has 0 radical (unpaired) electrons. The van der Waals surface area contributed by atoms with Gasteiger partial charge in [-0.1, -0.05) is 18.2 Å². The number of anilines is 1. The van der Waals surface area contributed by atoms with E-state index in [0.717, 1.165) is 16.4 Å². The third-order valence-corrected chi connectivity index (χ3v) is 2.55. The van der Waals surface area contributed by atoms with Gasteiger partial charge in [-0.25, -0.2) is 4.98 Å². The summed E-state index contributed by atoms with van der Waals surface area (Å²) in [6.45, 7) is 0. The molecule has 2 heterocycles. The maximum Gasteiger partial charge on any atom is 0.156 e. The number of rotatable bonds is 0. The van der Waals surface area contributed by atoms with Crippen molar-refractivity contribution in [3.05, 3.63) is 24.3 Å². The van der Waals surface area contributed by atoms with E-state index in [4.69, 9.17) is 5.73 Å². The molecule has 74 valence electrons. The van der Waals surface area contributed by atoms with Crippen LogP contribution in [0.3, 0.4) is 0 Å². The van der Waals surface area contributed by atoms with Crippen LogP contribution in [0, 0.1) is 0 Å². The molecule has 2 N–H and O–H groups in total. The molecule has 0 atom stereocenters. The highest BCUT2D eigenvalue weighted by Gasteiger charge is 2.10. The molecule has 0 saturated carbocycles. The van der Waals surface area contributed by atoms with Gasteiger partial charge < -0.3 is 5.73 Å². The van der Waals surface area contributed by atoms with Crippen molar-refractivity contribution in [2.45, 2.75) is 0 Å². The molecule has 0 spiro atoms. The average Bonchev–Trinajstić information content (AvgIpc) is 2.61. The number of halogens is 1. The third-order valence-electron chi connectivity index (χ3n) is 2.23. The number of benzene rings is 1. The first-order valence-electron chi connectivity index (χ1n) is 4.33. The first kappa shape index (κ1) is 8.60. The maximum absolute atomic E-state index is 5.79. The Morgan fingerprint density at radius 1 is 1.13 bits per heavy atom. The lowest BCUT2D eigenvalue weighted by atomic mass is 10.2. The van der Waals surface area contributed by atoms with Crippen molar-refractivity contribution in [3.8, 4) is 0 Å². The minimum atomic E-state index is 0.398. The van der Waals surface area contributed by atoms with E-state index in [1.807, 2.05) is 24.3 Å². The van der Waals surface area contributed by atoms with Crippen molar-refractivity contribution in [1.29, 1.82) is 0 Å². The summed E-state index contributed by atoms with van der Waals surface area (Å²) in [6, 6.07) is 7.70. The maximum atomic E-state index is 5.79. The summed E-state index contributed by atoms with van der Waals surface area (Å²) >= 11 is 3.16. The van der Waals surface area contributed by atoms with Crippen LogP contribution in [0.4, 0.5) is 5.82 Å². The quantitative estimate of drug-likeness (QED) is 0.671. The van der Waals surface area contributed by atoms with Crippen LogP contribution in [0.5, 0.6) is 0 Å². The van der Waals surface area contributed by atoms with Crippen molar-refractivity contribution >= 4 is 43.9 Å². The molecule has 0 amide bonds. The van der Waals surface area contributed by atoms with Gasteiger partial charge in [0.15, 0.2) is 11.3 Å². The molecule has 0 fully saturated rings. The summed E-state index contributed by atoms with van der Waals surface area (Å²) in [7, 11) is 0. The van der Waals surface area contributed by atoms with Crippen LogP contribution in [0.15, 0.2) is 24.3 Å². The van der Waals surface area contributed by atoms with E-state index in [1.165, 1.54) is 3.82 Å². The predicted octanol–water partition coefficient (Wildman–Crippen LogP) is 1.72. The van der Waals surface area contributed by atoms with Gasteiger partial charge in [0.05, 0.1) is 21.7 Å². The lowest BCUT2D eigenvalue weighted by Crippen LogP contribution is -1.92.